The molecule has 1 unspecified atom stereocenters. The molecular weight excluding hydrogens is 162 g/mol. The molecule has 1 aliphatic rings. The van der Waals surface area contributed by atoms with Gasteiger partial charge in [-0.3, -0.25) is 9.69 Å². The Hall–Kier alpha value is -0.630. The summed E-state index contributed by atoms with van der Waals surface area (Å²) in [5.74, 6) is 0.159. The minimum Gasteiger partial charge on any atom is -0.296 e. The maximum Gasteiger partial charge on any atom is 0.172 e. The third-order valence-electron chi connectivity index (χ3n) is 2.98. The van der Waals surface area contributed by atoms with Gasteiger partial charge in [0.15, 0.2) is 5.78 Å². The van der Waals surface area contributed by atoms with E-state index in [0.717, 1.165) is 13.0 Å². The summed E-state index contributed by atoms with van der Waals surface area (Å²) < 4.78 is 0. The zero-order valence-electron chi connectivity index (χ0n) is 8.84. The molecule has 0 aromatic carbocycles. The predicted molar refractivity (Wildman–Crippen MR) is 54.6 cm³/mol. The van der Waals surface area contributed by atoms with Crippen molar-refractivity contribution in [3.8, 4) is 0 Å². The van der Waals surface area contributed by atoms with Crippen LogP contribution in [-0.2, 0) is 4.79 Å². The van der Waals surface area contributed by atoms with Crippen molar-refractivity contribution >= 4 is 5.78 Å². The maximum atomic E-state index is 11.6. The summed E-state index contributed by atoms with van der Waals surface area (Å²) in [7, 11) is 2.02. The highest BCUT2D eigenvalue weighted by molar-refractivity contribution is 5.94. The molecule has 1 fully saturated rings. The second kappa shape index (κ2) is 3.62. The van der Waals surface area contributed by atoms with E-state index in [-0.39, 0.29) is 17.2 Å². The normalized spacial score (nSPS) is 28.4. The van der Waals surface area contributed by atoms with Gasteiger partial charge in [0.25, 0.3) is 0 Å². The van der Waals surface area contributed by atoms with Crippen LogP contribution >= 0.6 is 0 Å². The van der Waals surface area contributed by atoms with E-state index in [1.165, 1.54) is 12.5 Å². The average Bonchev–Trinajstić information content (AvgIpc) is 2.02. The fourth-order valence-electron chi connectivity index (χ4n) is 2.36. The predicted octanol–water partition coefficient (Wildman–Crippen LogP) is 1.86. The smallest absolute Gasteiger partial charge is 0.172 e. The van der Waals surface area contributed by atoms with E-state index in [0.29, 0.717) is 0 Å². The number of likely N-dealkylation sites (N-methyl/N-ethyl adjacent to an activating group) is 1. The van der Waals surface area contributed by atoms with Crippen LogP contribution in [0.1, 0.15) is 26.7 Å². The molecular formula is C11H19NO. The van der Waals surface area contributed by atoms with Gasteiger partial charge in [-0.1, -0.05) is 20.4 Å². The molecule has 13 heavy (non-hydrogen) atoms. The van der Waals surface area contributed by atoms with E-state index < -0.39 is 0 Å². The van der Waals surface area contributed by atoms with Crippen LogP contribution < -0.4 is 0 Å². The number of likely N-dealkylation sites (tertiary alicyclic amines) is 1. The fourth-order valence-corrected chi connectivity index (χ4v) is 2.36. The molecule has 0 N–H and O–H groups in total. The van der Waals surface area contributed by atoms with Crippen LogP contribution in [0.2, 0.25) is 0 Å². The van der Waals surface area contributed by atoms with Gasteiger partial charge in [-0.2, -0.15) is 0 Å². The Morgan fingerprint density at radius 2 is 2.23 bits per heavy atom. The maximum absolute atomic E-state index is 11.6. The van der Waals surface area contributed by atoms with E-state index in [1.807, 2.05) is 7.05 Å². The van der Waals surface area contributed by atoms with E-state index >= 15 is 0 Å². The second-order valence-corrected chi connectivity index (χ2v) is 4.58. The second-order valence-electron chi connectivity index (χ2n) is 4.58. The van der Waals surface area contributed by atoms with Gasteiger partial charge in [-0.15, -0.1) is 0 Å². The summed E-state index contributed by atoms with van der Waals surface area (Å²) in [4.78, 5) is 13.8. The Balaban J connectivity index is 2.86. The number of piperidine rings is 1. The first-order valence-corrected chi connectivity index (χ1v) is 4.85. The lowest BCUT2D eigenvalue weighted by Crippen LogP contribution is -2.51. The lowest BCUT2D eigenvalue weighted by Gasteiger charge is -2.43. The zero-order valence-corrected chi connectivity index (χ0v) is 8.84. The first kappa shape index (κ1) is 10.5. The van der Waals surface area contributed by atoms with Crippen LogP contribution in [-0.4, -0.2) is 30.3 Å². The Bertz CT molecular complexity index is 220. The molecule has 0 amide bonds. The molecule has 0 aromatic heterocycles. The lowest BCUT2D eigenvalue weighted by molar-refractivity contribution is -0.124. The monoisotopic (exact) mass is 181 g/mol. The number of carbonyl (C=O) groups excluding carboxylic acids is 1. The highest BCUT2D eigenvalue weighted by Crippen LogP contribution is 2.34. The molecule has 1 heterocycles. The summed E-state index contributed by atoms with van der Waals surface area (Å²) in [5.41, 5.74) is 0.0955. The van der Waals surface area contributed by atoms with Crippen LogP contribution in [0, 0.1) is 5.41 Å². The Morgan fingerprint density at radius 3 is 2.69 bits per heavy atom. The van der Waals surface area contributed by atoms with Gasteiger partial charge >= 0.3 is 0 Å². The van der Waals surface area contributed by atoms with Gasteiger partial charge in [0, 0.05) is 0 Å². The van der Waals surface area contributed by atoms with Crippen molar-refractivity contribution in [3.63, 3.8) is 0 Å². The van der Waals surface area contributed by atoms with Crippen LogP contribution in [0.15, 0.2) is 12.7 Å². The van der Waals surface area contributed by atoms with Gasteiger partial charge in [-0.05, 0) is 37.9 Å². The average molecular weight is 181 g/mol. The SMILES string of the molecule is C=CC(=O)C1N(C)CCCC1(C)C. The van der Waals surface area contributed by atoms with Crippen LogP contribution in [0.5, 0.6) is 0 Å². The third kappa shape index (κ3) is 1.99. The molecule has 2 heteroatoms. The van der Waals surface area contributed by atoms with Crippen LogP contribution in [0.4, 0.5) is 0 Å². The van der Waals surface area contributed by atoms with E-state index in [4.69, 9.17) is 0 Å². The van der Waals surface area contributed by atoms with Crippen molar-refractivity contribution in [1.82, 2.24) is 4.90 Å². The van der Waals surface area contributed by atoms with Gasteiger partial charge in [0.1, 0.15) is 0 Å². The summed E-state index contributed by atoms with van der Waals surface area (Å²) in [6.45, 7) is 8.90. The molecule has 0 spiro atoms. The van der Waals surface area contributed by atoms with Gasteiger partial charge in [0.05, 0.1) is 6.04 Å². The Kier molecular flexibility index (Phi) is 2.91. The molecule has 0 radical (unpaired) electrons. The van der Waals surface area contributed by atoms with Crippen molar-refractivity contribution in [2.24, 2.45) is 5.41 Å². The van der Waals surface area contributed by atoms with Crippen molar-refractivity contribution in [2.75, 3.05) is 13.6 Å². The number of nitrogens with zero attached hydrogens (tertiary/aromatic N) is 1. The Morgan fingerprint density at radius 1 is 1.62 bits per heavy atom. The molecule has 1 aliphatic heterocycles. The van der Waals surface area contributed by atoms with Crippen LogP contribution in [0.3, 0.4) is 0 Å². The number of hydrogen-bond acceptors (Lipinski definition) is 2. The standard InChI is InChI=1S/C11H19NO/c1-5-9(13)10-11(2,3)7-6-8-12(10)4/h5,10H,1,6-8H2,2-4H3. The van der Waals surface area contributed by atoms with E-state index in [2.05, 4.69) is 25.3 Å². The highest BCUT2D eigenvalue weighted by atomic mass is 16.1. The highest BCUT2D eigenvalue weighted by Gasteiger charge is 2.39. The number of hydrogen-bond donors (Lipinski definition) is 0. The Labute approximate surface area is 80.6 Å². The molecule has 0 saturated carbocycles. The molecule has 0 aliphatic carbocycles. The molecule has 0 aromatic rings. The molecule has 2 nitrogen and oxygen atoms in total. The third-order valence-corrected chi connectivity index (χ3v) is 2.98. The van der Waals surface area contributed by atoms with E-state index in [1.54, 1.807) is 0 Å². The van der Waals surface area contributed by atoms with Gasteiger partial charge in [0.2, 0.25) is 0 Å². The quantitative estimate of drug-likeness (QED) is 0.606. The molecule has 1 atom stereocenters. The number of carbonyl (C=O) groups is 1. The molecule has 1 saturated heterocycles. The minimum atomic E-state index is 0.0266. The summed E-state index contributed by atoms with van der Waals surface area (Å²) >= 11 is 0. The summed E-state index contributed by atoms with van der Waals surface area (Å²) in [6.07, 6.45) is 3.76. The van der Waals surface area contributed by atoms with Crippen molar-refractivity contribution in [1.29, 1.82) is 0 Å². The largest absolute Gasteiger partial charge is 0.296 e. The van der Waals surface area contributed by atoms with E-state index in [9.17, 15) is 4.79 Å². The number of rotatable bonds is 2. The summed E-state index contributed by atoms with van der Waals surface area (Å²) in [5, 5.41) is 0. The van der Waals surface area contributed by atoms with Gasteiger partial charge < -0.3 is 0 Å². The first-order chi connectivity index (χ1) is 5.99. The van der Waals surface area contributed by atoms with Crippen LogP contribution in [0.25, 0.3) is 0 Å². The molecule has 74 valence electrons. The topological polar surface area (TPSA) is 20.3 Å². The minimum absolute atomic E-state index is 0.0266. The lowest BCUT2D eigenvalue weighted by atomic mass is 9.75. The molecule has 0 bridgehead atoms. The fraction of sp³-hybridized carbons (Fsp3) is 0.727. The van der Waals surface area contributed by atoms with Crippen molar-refractivity contribution < 1.29 is 4.79 Å². The zero-order chi connectivity index (χ0) is 10.1. The first-order valence-electron chi connectivity index (χ1n) is 4.85. The van der Waals surface area contributed by atoms with Crippen molar-refractivity contribution in [3.05, 3.63) is 12.7 Å². The van der Waals surface area contributed by atoms with Crippen molar-refractivity contribution in [2.45, 2.75) is 32.7 Å². The summed E-state index contributed by atoms with van der Waals surface area (Å²) in [6, 6.07) is 0.0266. The molecule has 1 rings (SSSR count). The number of ketones is 1. The van der Waals surface area contributed by atoms with Gasteiger partial charge in [-0.25, -0.2) is 0 Å².